The van der Waals surface area contributed by atoms with Crippen LogP contribution in [0.3, 0.4) is 0 Å². The van der Waals surface area contributed by atoms with Gasteiger partial charge in [0.15, 0.2) is 31.2 Å². The number of nitrogens with one attached hydrogen (secondary N) is 1. The number of hydrogen-bond donors (Lipinski definition) is 7. The summed E-state index contributed by atoms with van der Waals surface area (Å²) in [5.41, 5.74) is -2.40. The Balaban J connectivity index is 1.66. The van der Waals surface area contributed by atoms with Crippen molar-refractivity contribution >= 4 is 121 Å². The van der Waals surface area contributed by atoms with Gasteiger partial charge in [-0.15, -0.1) is 20.5 Å². The predicted molar refractivity (Wildman–Crippen MR) is 229 cm³/mol. The molecule has 0 saturated carbocycles. The molecule has 0 fully saturated rings. The van der Waals surface area contributed by atoms with Gasteiger partial charge in [-0.25, -0.2) is 25.2 Å². The van der Waals surface area contributed by atoms with Gasteiger partial charge in [-0.3, -0.25) is 22.8 Å². The van der Waals surface area contributed by atoms with E-state index in [0.717, 1.165) is 43.5 Å². The van der Waals surface area contributed by atoms with Crippen LogP contribution in [0.4, 0.5) is 28.4 Å². The molecule has 0 aromatic heterocycles. The Bertz CT molecular complexity index is 3730. The van der Waals surface area contributed by atoms with Gasteiger partial charge in [0.25, 0.3) is 30.4 Å². The molecule has 5 rings (SSSR count). The summed E-state index contributed by atoms with van der Waals surface area (Å²) >= 11 is 0. The quantitative estimate of drug-likeness (QED) is 0.0459. The number of sulfone groups is 2. The Hall–Kier alpha value is -5.41. The maximum absolute atomic E-state index is 12.9. The number of rotatable bonds is 19. The van der Waals surface area contributed by atoms with Gasteiger partial charge in [-0.05, 0) is 60.0 Å². The summed E-state index contributed by atoms with van der Waals surface area (Å²) < 4.78 is 232. The van der Waals surface area contributed by atoms with Crippen LogP contribution in [0.1, 0.15) is 0 Å². The van der Waals surface area contributed by atoms with Crippen molar-refractivity contribution in [2.45, 2.75) is 24.5 Å². The molecule has 28 nitrogen and oxygen atoms in total. The van der Waals surface area contributed by atoms with Crippen LogP contribution in [0.2, 0.25) is 0 Å². The van der Waals surface area contributed by atoms with E-state index in [4.69, 9.17) is 13.8 Å². The fourth-order valence-corrected chi connectivity index (χ4v) is 11.2. The van der Waals surface area contributed by atoms with Gasteiger partial charge in [0.1, 0.15) is 37.4 Å². The first-order chi connectivity index (χ1) is 30.7. The van der Waals surface area contributed by atoms with Gasteiger partial charge in [-0.1, -0.05) is 6.07 Å². The van der Waals surface area contributed by atoms with Gasteiger partial charge in [0.05, 0.1) is 47.3 Å². The molecule has 67 heavy (non-hydrogen) atoms. The number of nitrogens with zero attached hydrogens (tertiary/aromatic N) is 4. The summed E-state index contributed by atoms with van der Waals surface area (Å²) in [6, 6.07) is 8.63. The fourth-order valence-electron chi connectivity index (χ4n) is 5.95. The minimum atomic E-state index is -5.39. The Morgan fingerprint density at radius 1 is 0.537 bits per heavy atom. The highest BCUT2D eigenvalue weighted by atomic mass is 32.3. The molecule has 0 atom stereocenters. The SMILES string of the molecule is CNc1ccc2c(OC)c(N=Nc3ccc4cc(S(=O)(=O)CCOS(=O)(=O)O)cc(S(=O)(=O)O)c4c3O)c(S(=O)(=O)O)cc2c1N=Nc1ccc(S(=O)(=O)CCOS(=O)(=O)O)cc1S(=O)(=O)O. The summed E-state index contributed by atoms with van der Waals surface area (Å²) in [7, 11) is -32.9. The van der Waals surface area contributed by atoms with Crippen molar-refractivity contribution in [3.8, 4) is 11.5 Å². The molecule has 364 valence electrons. The third kappa shape index (κ3) is 12.4. The number of benzene rings is 5. The first-order valence-electron chi connectivity index (χ1n) is 17.4. The number of methoxy groups -OCH3 is 1. The largest absolute Gasteiger partial charge is 0.505 e. The van der Waals surface area contributed by atoms with Crippen LogP contribution < -0.4 is 10.1 Å². The van der Waals surface area contributed by atoms with Crippen LogP contribution in [0, 0.1) is 0 Å². The van der Waals surface area contributed by atoms with E-state index >= 15 is 0 Å². The van der Waals surface area contributed by atoms with Crippen molar-refractivity contribution in [3.63, 3.8) is 0 Å². The molecule has 35 heteroatoms. The maximum Gasteiger partial charge on any atom is 0.397 e. The second-order valence-corrected chi connectivity index (χ2v) is 23.7. The molecule has 0 bridgehead atoms. The summed E-state index contributed by atoms with van der Waals surface area (Å²) in [5, 5.41) is 28.0. The van der Waals surface area contributed by atoms with E-state index in [9.17, 15) is 77.7 Å². The second-order valence-electron chi connectivity index (χ2n) is 13.1. The highest BCUT2D eigenvalue weighted by Gasteiger charge is 2.28. The molecule has 0 amide bonds. The number of fused-ring (bicyclic) bond motifs is 2. The lowest BCUT2D eigenvalue weighted by Crippen LogP contribution is -2.16. The average molecular weight is 1080 g/mol. The molecule has 0 aliphatic carbocycles. The number of hydrogen-bond acceptors (Lipinski definition) is 23. The number of ether oxygens (including phenoxy) is 1. The Morgan fingerprint density at radius 3 is 1.57 bits per heavy atom. The Morgan fingerprint density at radius 2 is 1.04 bits per heavy atom. The van der Waals surface area contributed by atoms with Crippen LogP contribution in [0.15, 0.2) is 106 Å². The maximum atomic E-state index is 12.9. The summed E-state index contributed by atoms with van der Waals surface area (Å²) in [6.45, 7) is -2.19. The van der Waals surface area contributed by atoms with Crippen LogP contribution >= 0.6 is 0 Å². The lowest BCUT2D eigenvalue weighted by Gasteiger charge is -2.15. The molecule has 7 N–H and O–H groups in total. The lowest BCUT2D eigenvalue weighted by atomic mass is 10.0. The fraction of sp³-hybridized carbons (Fsp3) is 0.188. The molecule has 0 spiro atoms. The van der Waals surface area contributed by atoms with Crippen LogP contribution in [-0.4, -0.2) is 126 Å². The molecule has 0 aliphatic rings. The Labute approximate surface area is 379 Å². The lowest BCUT2D eigenvalue weighted by molar-refractivity contribution is 0.282. The number of aromatic hydroxyl groups is 1. The van der Waals surface area contributed by atoms with Gasteiger partial charge in [0.2, 0.25) is 0 Å². The molecule has 0 radical (unpaired) electrons. The average Bonchev–Trinajstić information content (AvgIpc) is 3.19. The zero-order chi connectivity index (χ0) is 50.3. The standard InChI is InChI=1S/C32H31N5O23S7/c1-33-23-8-5-20-21(29(23)36-34-22-7-4-18(14-25(22)63(43,44)45)61(39,40)11-9-59-66(52,53)54)16-27(65(49,50)51)30(32(20)58-2)37-35-24-6-3-17-13-19(62(41,42)12-10-60-67(55,56)57)15-26(64(46,47)48)28(17)31(24)38/h3-8,13-16,33,38H,9-12H2,1-2H3,(H,43,44,45)(H,46,47,48)(H,49,50,51)(H,52,53,54)(H,55,56,57). The monoisotopic (exact) mass is 1080 g/mol. The molecule has 5 aromatic rings. The second kappa shape index (κ2) is 18.9. The van der Waals surface area contributed by atoms with Gasteiger partial charge in [0, 0.05) is 23.2 Å². The number of anilines is 1. The normalized spacial score (nSPS) is 13.5. The molecule has 5 aromatic carbocycles. The highest BCUT2D eigenvalue weighted by Crippen LogP contribution is 2.48. The number of azo groups is 2. The van der Waals surface area contributed by atoms with E-state index in [1.807, 2.05) is 0 Å². The van der Waals surface area contributed by atoms with E-state index in [0.29, 0.717) is 12.1 Å². The zero-order valence-corrected chi connectivity index (χ0v) is 39.1. The smallest absolute Gasteiger partial charge is 0.397 e. The van der Waals surface area contributed by atoms with Crippen molar-refractivity contribution in [2.24, 2.45) is 20.5 Å². The first-order valence-corrected chi connectivity index (χ1v) is 27.8. The number of phenolic OH excluding ortho intramolecular Hbond substituents is 1. The molecule has 0 aliphatic heterocycles. The summed E-state index contributed by atoms with van der Waals surface area (Å²) in [5.74, 6) is -3.77. The van der Waals surface area contributed by atoms with Crippen molar-refractivity contribution in [2.75, 3.05) is 44.2 Å². The van der Waals surface area contributed by atoms with Gasteiger partial charge >= 0.3 is 20.8 Å². The van der Waals surface area contributed by atoms with E-state index in [1.165, 1.54) is 19.2 Å². The van der Waals surface area contributed by atoms with Crippen molar-refractivity contribution in [1.82, 2.24) is 0 Å². The third-order valence-corrected chi connectivity index (χ3v) is 15.7. The highest BCUT2D eigenvalue weighted by molar-refractivity contribution is 7.92. The molecular weight excluding hydrogens is 1050 g/mol. The first kappa shape index (κ1) is 52.6. The van der Waals surface area contributed by atoms with Gasteiger partial charge < -0.3 is 15.2 Å². The van der Waals surface area contributed by atoms with Crippen molar-refractivity contribution in [1.29, 1.82) is 0 Å². The molecule has 0 heterocycles. The molecule has 0 saturated heterocycles. The topological polar surface area (TPSA) is 450 Å². The van der Waals surface area contributed by atoms with E-state index < -0.39 is 154 Å². The minimum absolute atomic E-state index is 0.0403. The van der Waals surface area contributed by atoms with E-state index in [-0.39, 0.29) is 27.5 Å². The van der Waals surface area contributed by atoms with Crippen molar-refractivity contribution in [3.05, 3.63) is 60.7 Å². The van der Waals surface area contributed by atoms with Crippen LogP contribution in [0.25, 0.3) is 21.5 Å². The summed E-state index contributed by atoms with van der Waals surface area (Å²) in [6.07, 6.45) is 0. The molecule has 0 unspecified atom stereocenters. The van der Waals surface area contributed by atoms with E-state index in [1.54, 1.807) is 0 Å². The zero-order valence-electron chi connectivity index (χ0n) is 33.4. The van der Waals surface area contributed by atoms with Gasteiger partial charge in [-0.2, -0.15) is 42.1 Å². The predicted octanol–water partition coefficient (Wildman–Crippen LogP) is 3.51. The van der Waals surface area contributed by atoms with Crippen molar-refractivity contribution < 1.29 is 99.9 Å². The van der Waals surface area contributed by atoms with Crippen LogP contribution in [0.5, 0.6) is 11.5 Å². The number of phenols is 1. The van der Waals surface area contributed by atoms with Crippen LogP contribution in [-0.2, 0) is 79.2 Å². The summed E-state index contributed by atoms with van der Waals surface area (Å²) in [4.78, 5) is -4.99. The Kier molecular flexibility index (Phi) is 14.9. The van der Waals surface area contributed by atoms with E-state index in [2.05, 4.69) is 34.1 Å². The molecular formula is C32H31N5O23S7. The third-order valence-electron chi connectivity index (χ3n) is 8.83. The minimum Gasteiger partial charge on any atom is -0.505 e.